The van der Waals surface area contributed by atoms with Gasteiger partial charge in [0.2, 0.25) is 0 Å². The summed E-state index contributed by atoms with van der Waals surface area (Å²) in [5, 5.41) is 9.84. The molecule has 1 N–H and O–H groups in total. The Balaban J connectivity index is 1.07. The average Bonchev–Trinajstić information content (AvgIpc) is 3.57. The van der Waals surface area contributed by atoms with Gasteiger partial charge in [0, 0.05) is 29.2 Å². The fraction of sp³-hybridized carbons (Fsp3) is 0.419. The van der Waals surface area contributed by atoms with Gasteiger partial charge in [-0.05, 0) is 75.0 Å². The summed E-state index contributed by atoms with van der Waals surface area (Å²) >= 11 is 7.23. The second-order valence-electron chi connectivity index (χ2n) is 11.5. The van der Waals surface area contributed by atoms with Gasteiger partial charge in [0.15, 0.2) is 0 Å². The van der Waals surface area contributed by atoms with Gasteiger partial charge in [-0.2, -0.15) is 0 Å². The van der Waals surface area contributed by atoms with Crippen LogP contribution in [0.1, 0.15) is 64.3 Å². The molecule has 2 aromatic heterocycles. The van der Waals surface area contributed by atoms with Gasteiger partial charge in [-0.3, -0.25) is 4.90 Å². The zero-order valence-corrected chi connectivity index (χ0v) is 24.3. The summed E-state index contributed by atoms with van der Waals surface area (Å²) in [6.07, 6.45) is 3.79. The van der Waals surface area contributed by atoms with Crippen molar-refractivity contribution >= 4 is 39.3 Å². The van der Waals surface area contributed by atoms with Crippen molar-refractivity contribution in [1.82, 2.24) is 14.5 Å². The van der Waals surface area contributed by atoms with E-state index in [0.717, 1.165) is 60.9 Å². The normalized spacial score (nSPS) is 23.0. The zero-order chi connectivity index (χ0) is 28.3. The largest absolute Gasteiger partial charge is 0.482 e. The lowest BCUT2D eigenvalue weighted by Gasteiger charge is -2.33. The number of piperidine rings is 1. The Kier molecular flexibility index (Phi) is 6.81. The van der Waals surface area contributed by atoms with Crippen molar-refractivity contribution in [2.45, 2.75) is 63.3 Å². The van der Waals surface area contributed by atoms with E-state index in [4.69, 9.17) is 26.1 Å². The van der Waals surface area contributed by atoms with E-state index in [1.807, 2.05) is 19.1 Å². The quantitative estimate of drug-likeness (QED) is 0.259. The predicted molar refractivity (Wildman–Crippen MR) is 156 cm³/mol. The van der Waals surface area contributed by atoms with Crippen LogP contribution in [0.4, 0.5) is 4.39 Å². The molecule has 0 aliphatic carbocycles. The number of carbonyl (C=O) groups is 1. The Morgan fingerprint density at radius 2 is 2.02 bits per heavy atom. The summed E-state index contributed by atoms with van der Waals surface area (Å²) in [5.74, 6) is 0.935. The molecule has 0 amide bonds. The number of imidazole rings is 1. The van der Waals surface area contributed by atoms with E-state index in [1.165, 1.54) is 28.5 Å². The highest BCUT2D eigenvalue weighted by atomic mass is 35.5. The van der Waals surface area contributed by atoms with Crippen molar-refractivity contribution < 1.29 is 23.8 Å². The summed E-state index contributed by atoms with van der Waals surface area (Å²) in [6.45, 7) is 6.00. The molecule has 5 heterocycles. The maximum Gasteiger partial charge on any atom is 0.346 e. The number of thiophene rings is 1. The number of carboxylic acid groups (broad SMARTS) is 1. The number of fused-ring (bicyclic) bond motifs is 2. The fourth-order valence-electron chi connectivity index (χ4n) is 6.56. The molecule has 3 aliphatic rings. The van der Waals surface area contributed by atoms with Crippen molar-refractivity contribution in [3.8, 4) is 5.75 Å². The highest BCUT2D eigenvalue weighted by molar-refractivity contribution is 7.20. The highest BCUT2D eigenvalue weighted by Crippen LogP contribution is 2.46. The Hall–Kier alpha value is -2.98. The summed E-state index contributed by atoms with van der Waals surface area (Å²) in [6, 6.07) is 12.8. The summed E-state index contributed by atoms with van der Waals surface area (Å²) in [7, 11) is 0. The number of likely N-dealkylation sites (tertiary alicyclic amines) is 1. The van der Waals surface area contributed by atoms with E-state index in [-0.39, 0.29) is 11.9 Å². The van der Waals surface area contributed by atoms with Crippen LogP contribution in [0.3, 0.4) is 0 Å². The van der Waals surface area contributed by atoms with Crippen LogP contribution in [-0.4, -0.2) is 51.3 Å². The van der Waals surface area contributed by atoms with Gasteiger partial charge in [0.25, 0.3) is 0 Å². The lowest BCUT2D eigenvalue weighted by molar-refractivity contribution is -0.0592. The topological polar surface area (TPSA) is 76.8 Å². The number of hydrogen-bond acceptors (Lipinski definition) is 6. The van der Waals surface area contributed by atoms with Crippen LogP contribution >= 0.6 is 22.9 Å². The van der Waals surface area contributed by atoms with Crippen LogP contribution in [0.5, 0.6) is 5.75 Å². The molecule has 0 spiro atoms. The third-order valence-corrected chi connectivity index (χ3v) is 10.1. The SMILES string of the molecule is C[C@]1(c2ccc(Cl)cc2F)Cc2c(cccc2C2CCN(Cc3nc4sc(C(=O)O)cc4n3C[C@@H]3CCO3)CC2)O1. The number of aromatic nitrogens is 2. The molecule has 41 heavy (non-hydrogen) atoms. The van der Waals surface area contributed by atoms with Gasteiger partial charge in [0.05, 0.1) is 24.7 Å². The molecule has 4 aromatic rings. The van der Waals surface area contributed by atoms with Crippen molar-refractivity contribution in [2.75, 3.05) is 19.7 Å². The molecule has 7 nitrogen and oxygen atoms in total. The Morgan fingerprint density at radius 3 is 2.73 bits per heavy atom. The van der Waals surface area contributed by atoms with Crippen LogP contribution in [0.25, 0.3) is 10.3 Å². The molecule has 2 saturated heterocycles. The van der Waals surface area contributed by atoms with Gasteiger partial charge in [-0.25, -0.2) is 14.2 Å². The lowest BCUT2D eigenvalue weighted by Crippen LogP contribution is -2.35. The number of aromatic carboxylic acids is 1. The summed E-state index contributed by atoms with van der Waals surface area (Å²) in [4.78, 5) is 19.9. The molecule has 0 unspecified atom stereocenters. The minimum absolute atomic E-state index is 0.152. The predicted octanol–water partition coefficient (Wildman–Crippen LogP) is 6.61. The van der Waals surface area contributed by atoms with Gasteiger partial charge in [0.1, 0.15) is 32.7 Å². The highest BCUT2D eigenvalue weighted by Gasteiger charge is 2.41. The first kappa shape index (κ1) is 26.9. The molecule has 2 fully saturated rings. The molecule has 0 saturated carbocycles. The molecule has 3 aliphatic heterocycles. The van der Waals surface area contributed by atoms with Crippen molar-refractivity contribution in [1.29, 1.82) is 0 Å². The first-order valence-electron chi connectivity index (χ1n) is 14.1. The van der Waals surface area contributed by atoms with Crippen molar-refractivity contribution in [3.05, 3.63) is 80.7 Å². The lowest BCUT2D eigenvalue weighted by atomic mass is 9.82. The molecular formula is C31H31ClFN3O4S. The molecule has 2 aromatic carbocycles. The number of benzene rings is 2. The number of nitrogens with zero attached hydrogens (tertiary/aromatic N) is 3. The second-order valence-corrected chi connectivity index (χ2v) is 13.0. The molecule has 2 atom stereocenters. The maximum absolute atomic E-state index is 14.9. The minimum Gasteiger partial charge on any atom is -0.482 e. The van der Waals surface area contributed by atoms with E-state index in [0.29, 0.717) is 40.9 Å². The van der Waals surface area contributed by atoms with Gasteiger partial charge in [-0.15, -0.1) is 11.3 Å². The van der Waals surface area contributed by atoms with Gasteiger partial charge < -0.3 is 19.1 Å². The van der Waals surface area contributed by atoms with E-state index >= 15 is 0 Å². The monoisotopic (exact) mass is 595 g/mol. The van der Waals surface area contributed by atoms with Crippen LogP contribution in [0.2, 0.25) is 5.02 Å². The number of halogens is 2. The number of rotatable bonds is 7. The molecule has 0 radical (unpaired) electrons. The van der Waals surface area contributed by atoms with Gasteiger partial charge >= 0.3 is 5.97 Å². The van der Waals surface area contributed by atoms with E-state index in [1.54, 1.807) is 18.2 Å². The number of ether oxygens (including phenoxy) is 2. The van der Waals surface area contributed by atoms with E-state index in [2.05, 4.69) is 15.5 Å². The summed E-state index contributed by atoms with van der Waals surface area (Å²) in [5.41, 5.74) is 3.10. The van der Waals surface area contributed by atoms with Crippen LogP contribution in [0, 0.1) is 5.82 Å². The molecule has 10 heteroatoms. The van der Waals surface area contributed by atoms with Crippen molar-refractivity contribution in [3.63, 3.8) is 0 Å². The number of hydrogen-bond donors (Lipinski definition) is 1. The third-order valence-electron chi connectivity index (χ3n) is 8.83. The minimum atomic E-state index is -0.917. The standard InChI is InChI=1S/C31H31ClFN3O4S/c1-31(23-6-5-19(32)13-24(23)33)15-22-21(3-2-4-26(22)40-31)18-7-10-35(11-8-18)17-28-34-29-25(14-27(41-29)30(37)38)36(28)16-20-9-12-39-20/h2-6,13-14,18,20H,7-12,15-17H2,1H3,(H,37,38)/t20-,31+/m0/s1. The Labute approximate surface area is 246 Å². The molecular weight excluding hydrogens is 565 g/mol. The first-order chi connectivity index (χ1) is 19.8. The molecule has 214 valence electrons. The van der Waals surface area contributed by atoms with Gasteiger partial charge in [-0.1, -0.05) is 29.8 Å². The number of carboxylic acids is 1. The molecule has 7 rings (SSSR count). The molecule has 0 bridgehead atoms. The Bertz CT molecular complexity index is 1640. The van der Waals surface area contributed by atoms with Crippen LogP contribution in [0.15, 0.2) is 42.5 Å². The zero-order valence-electron chi connectivity index (χ0n) is 22.7. The first-order valence-corrected chi connectivity index (χ1v) is 15.3. The fourth-order valence-corrected chi connectivity index (χ4v) is 7.61. The maximum atomic E-state index is 14.9. The summed E-state index contributed by atoms with van der Waals surface area (Å²) < 4.78 is 29.1. The Morgan fingerprint density at radius 1 is 1.22 bits per heavy atom. The second kappa shape index (κ2) is 10.4. The van der Waals surface area contributed by atoms with Crippen molar-refractivity contribution in [2.24, 2.45) is 0 Å². The van der Waals surface area contributed by atoms with E-state index in [9.17, 15) is 14.3 Å². The van der Waals surface area contributed by atoms with E-state index < -0.39 is 11.6 Å². The third kappa shape index (κ3) is 4.92. The van der Waals surface area contributed by atoms with Crippen LogP contribution < -0.4 is 4.74 Å². The van der Waals surface area contributed by atoms with Crippen LogP contribution in [-0.2, 0) is 29.8 Å². The average molecular weight is 596 g/mol. The smallest absolute Gasteiger partial charge is 0.346 e.